The fraction of sp³-hybridized carbons (Fsp3) is 0.533. The van der Waals surface area contributed by atoms with Crippen molar-refractivity contribution in [3.05, 3.63) is 35.9 Å². The fourth-order valence-electron chi connectivity index (χ4n) is 1.66. The summed E-state index contributed by atoms with van der Waals surface area (Å²) in [5.41, 5.74) is 0.678. The van der Waals surface area contributed by atoms with Crippen LogP contribution in [0.3, 0.4) is 0 Å². The van der Waals surface area contributed by atoms with Crippen LogP contribution in [0.4, 0.5) is 0 Å². The molecule has 1 aromatic rings. The lowest BCUT2D eigenvalue weighted by Gasteiger charge is -2.20. The number of hydrogen-bond acceptors (Lipinski definition) is 3. The van der Waals surface area contributed by atoms with Crippen molar-refractivity contribution < 1.29 is 14.6 Å². The van der Waals surface area contributed by atoms with Crippen LogP contribution >= 0.6 is 0 Å². The Kier molecular flexibility index (Phi) is 5.35. The highest BCUT2D eigenvalue weighted by molar-refractivity contribution is 5.70. The van der Waals surface area contributed by atoms with Gasteiger partial charge in [0.15, 0.2) is 0 Å². The van der Waals surface area contributed by atoms with E-state index >= 15 is 0 Å². The molecule has 0 amide bonds. The van der Waals surface area contributed by atoms with E-state index in [9.17, 15) is 9.90 Å². The summed E-state index contributed by atoms with van der Waals surface area (Å²) in [7, 11) is 0. The van der Waals surface area contributed by atoms with Crippen molar-refractivity contribution in [3.8, 4) is 0 Å². The molecule has 3 nitrogen and oxygen atoms in total. The third kappa shape index (κ3) is 6.40. The summed E-state index contributed by atoms with van der Waals surface area (Å²) in [6.45, 7) is 5.46. The molecular formula is C15H22O3. The molecule has 3 heteroatoms. The average Bonchev–Trinajstić information content (AvgIpc) is 2.25. The number of aliphatic hydroxyl groups excluding tert-OH is 1. The Bertz CT molecular complexity index is 365. The van der Waals surface area contributed by atoms with Crippen molar-refractivity contribution in [1.82, 2.24) is 0 Å². The summed E-state index contributed by atoms with van der Waals surface area (Å²) in [6, 6.07) is 9.92. The highest BCUT2D eigenvalue weighted by Crippen LogP contribution is 2.12. The minimum absolute atomic E-state index is 0.0596. The molecule has 0 aliphatic heterocycles. The molecular weight excluding hydrogens is 228 g/mol. The summed E-state index contributed by atoms with van der Waals surface area (Å²) in [5, 5.41) is 9.78. The van der Waals surface area contributed by atoms with Crippen molar-refractivity contribution in [2.75, 3.05) is 0 Å². The number of carbonyl (C=O) groups excluding carboxylic acids is 1. The number of carbonyl (C=O) groups is 1. The number of esters is 1. The van der Waals surface area contributed by atoms with E-state index in [0.717, 1.165) is 6.42 Å². The van der Waals surface area contributed by atoms with Crippen LogP contribution in [0.25, 0.3) is 0 Å². The van der Waals surface area contributed by atoms with Crippen LogP contribution < -0.4 is 0 Å². The number of rotatable bonds is 5. The number of ether oxygens (including phenoxy) is 1. The van der Waals surface area contributed by atoms with E-state index in [2.05, 4.69) is 0 Å². The van der Waals surface area contributed by atoms with E-state index in [1.54, 1.807) is 0 Å². The standard InChI is InChI=1S/C15H22O3/c1-15(2,3)18-14(17)11-13(16)10-9-12-7-5-4-6-8-12/h4-8,13,16H,9-11H2,1-3H3/t13-/m1/s1. The molecule has 0 fully saturated rings. The van der Waals surface area contributed by atoms with Gasteiger partial charge in [-0.15, -0.1) is 0 Å². The highest BCUT2D eigenvalue weighted by atomic mass is 16.6. The molecule has 0 heterocycles. The lowest BCUT2D eigenvalue weighted by molar-refractivity contribution is -0.157. The van der Waals surface area contributed by atoms with Gasteiger partial charge in [-0.2, -0.15) is 0 Å². The summed E-state index contributed by atoms with van der Waals surface area (Å²) in [5.74, 6) is -0.344. The van der Waals surface area contributed by atoms with Crippen LogP contribution in [0, 0.1) is 0 Å². The summed E-state index contributed by atoms with van der Waals surface area (Å²) >= 11 is 0. The normalized spacial score (nSPS) is 13.1. The molecule has 0 saturated carbocycles. The van der Waals surface area contributed by atoms with E-state index in [-0.39, 0.29) is 12.4 Å². The second-order valence-electron chi connectivity index (χ2n) is 5.47. The molecule has 1 N–H and O–H groups in total. The maximum absolute atomic E-state index is 11.5. The number of aliphatic hydroxyl groups is 1. The molecule has 0 bridgehead atoms. The van der Waals surface area contributed by atoms with E-state index < -0.39 is 11.7 Å². The van der Waals surface area contributed by atoms with Crippen LogP contribution in [-0.2, 0) is 16.0 Å². The monoisotopic (exact) mass is 250 g/mol. The average molecular weight is 250 g/mol. The zero-order valence-corrected chi connectivity index (χ0v) is 11.3. The molecule has 0 aliphatic rings. The van der Waals surface area contributed by atoms with Crippen LogP contribution in [0.15, 0.2) is 30.3 Å². The van der Waals surface area contributed by atoms with E-state index in [1.807, 2.05) is 51.1 Å². The third-order valence-electron chi connectivity index (χ3n) is 2.43. The molecule has 0 unspecified atom stereocenters. The van der Waals surface area contributed by atoms with Crippen molar-refractivity contribution in [3.63, 3.8) is 0 Å². The third-order valence-corrected chi connectivity index (χ3v) is 2.43. The maximum Gasteiger partial charge on any atom is 0.308 e. The maximum atomic E-state index is 11.5. The van der Waals surface area contributed by atoms with Gasteiger partial charge in [0.2, 0.25) is 0 Å². The smallest absolute Gasteiger partial charge is 0.308 e. The van der Waals surface area contributed by atoms with Crippen LogP contribution in [0.2, 0.25) is 0 Å². The van der Waals surface area contributed by atoms with Gasteiger partial charge in [-0.25, -0.2) is 0 Å². The largest absolute Gasteiger partial charge is 0.460 e. The molecule has 1 atom stereocenters. The van der Waals surface area contributed by atoms with Crippen molar-refractivity contribution >= 4 is 5.97 Å². The van der Waals surface area contributed by atoms with Gasteiger partial charge < -0.3 is 9.84 Å². The Balaban J connectivity index is 2.29. The highest BCUT2D eigenvalue weighted by Gasteiger charge is 2.19. The second kappa shape index (κ2) is 6.55. The van der Waals surface area contributed by atoms with E-state index in [0.29, 0.717) is 6.42 Å². The minimum Gasteiger partial charge on any atom is -0.460 e. The van der Waals surface area contributed by atoms with Crippen LogP contribution in [0.1, 0.15) is 39.2 Å². The summed E-state index contributed by atoms with van der Waals surface area (Å²) in [4.78, 5) is 11.5. The lowest BCUT2D eigenvalue weighted by Crippen LogP contribution is -2.26. The van der Waals surface area contributed by atoms with Gasteiger partial charge in [0.25, 0.3) is 0 Å². The molecule has 0 aromatic heterocycles. The number of benzene rings is 1. The zero-order chi connectivity index (χ0) is 13.6. The van der Waals surface area contributed by atoms with Gasteiger partial charge in [-0.1, -0.05) is 30.3 Å². The van der Waals surface area contributed by atoms with Gasteiger partial charge in [-0.05, 0) is 39.2 Å². The first-order valence-electron chi connectivity index (χ1n) is 6.30. The first kappa shape index (κ1) is 14.7. The Morgan fingerprint density at radius 2 is 1.89 bits per heavy atom. The van der Waals surface area contributed by atoms with Crippen LogP contribution in [-0.4, -0.2) is 22.8 Å². The predicted molar refractivity (Wildman–Crippen MR) is 71.2 cm³/mol. The Morgan fingerprint density at radius 1 is 1.28 bits per heavy atom. The topological polar surface area (TPSA) is 46.5 Å². The molecule has 1 aromatic carbocycles. The van der Waals surface area contributed by atoms with Crippen molar-refractivity contribution in [1.29, 1.82) is 0 Å². The van der Waals surface area contributed by atoms with Gasteiger partial charge >= 0.3 is 5.97 Å². The molecule has 1 rings (SSSR count). The minimum atomic E-state index is -0.639. The molecule has 100 valence electrons. The molecule has 18 heavy (non-hydrogen) atoms. The van der Waals surface area contributed by atoms with Gasteiger partial charge in [0.1, 0.15) is 5.60 Å². The Morgan fingerprint density at radius 3 is 2.44 bits per heavy atom. The Hall–Kier alpha value is -1.35. The van der Waals surface area contributed by atoms with E-state index in [1.165, 1.54) is 5.56 Å². The van der Waals surface area contributed by atoms with E-state index in [4.69, 9.17) is 4.74 Å². The van der Waals surface area contributed by atoms with Gasteiger partial charge in [0.05, 0.1) is 12.5 Å². The number of hydrogen-bond donors (Lipinski definition) is 1. The first-order chi connectivity index (χ1) is 8.37. The first-order valence-corrected chi connectivity index (χ1v) is 6.30. The molecule has 0 radical (unpaired) electrons. The van der Waals surface area contributed by atoms with Gasteiger partial charge in [-0.3, -0.25) is 4.79 Å². The van der Waals surface area contributed by atoms with Crippen molar-refractivity contribution in [2.45, 2.75) is 51.7 Å². The Labute approximate surface area is 109 Å². The lowest BCUT2D eigenvalue weighted by atomic mass is 10.1. The zero-order valence-electron chi connectivity index (χ0n) is 11.3. The fourth-order valence-corrected chi connectivity index (χ4v) is 1.66. The van der Waals surface area contributed by atoms with Crippen molar-refractivity contribution in [2.24, 2.45) is 0 Å². The van der Waals surface area contributed by atoms with Crippen LogP contribution in [0.5, 0.6) is 0 Å². The number of aryl methyl sites for hydroxylation is 1. The van der Waals surface area contributed by atoms with Gasteiger partial charge in [0, 0.05) is 0 Å². The SMILES string of the molecule is CC(C)(C)OC(=O)C[C@H](O)CCc1ccccc1. The predicted octanol–water partition coefficient (Wildman–Crippen LogP) is 2.71. The quantitative estimate of drug-likeness (QED) is 0.817. The molecule has 0 spiro atoms. The summed E-state index contributed by atoms with van der Waals surface area (Å²) in [6.07, 6.45) is 0.762. The summed E-state index contributed by atoms with van der Waals surface area (Å²) < 4.78 is 5.16. The molecule has 0 saturated heterocycles. The second-order valence-corrected chi connectivity index (χ2v) is 5.47. The molecule has 0 aliphatic carbocycles.